The average Bonchev–Trinajstić information content (AvgIpc) is 3.15. The Kier molecular flexibility index (Phi) is 7.17. The topological polar surface area (TPSA) is 67.7 Å². The zero-order valence-electron chi connectivity index (χ0n) is 18.6. The summed E-state index contributed by atoms with van der Waals surface area (Å²) < 4.78 is 7.21. The molecule has 1 aromatic heterocycles. The Morgan fingerprint density at radius 1 is 0.906 bits per heavy atom. The number of esters is 1. The highest BCUT2D eigenvalue weighted by molar-refractivity contribution is 5.81. The van der Waals surface area contributed by atoms with Gasteiger partial charge in [0.15, 0.2) is 0 Å². The number of ether oxygens (including phenoxy) is 1. The van der Waals surface area contributed by atoms with Gasteiger partial charge in [-0.3, -0.25) is 14.5 Å². The third-order valence-electron chi connectivity index (χ3n) is 5.86. The summed E-state index contributed by atoms with van der Waals surface area (Å²) in [6.07, 6.45) is 0.363. The number of para-hydroxylation sites is 2. The largest absolute Gasteiger partial charge is 0.466 e. The minimum atomic E-state index is -0.309. The highest BCUT2D eigenvalue weighted by Gasteiger charge is 2.23. The number of carbonyl (C=O) groups excluding carboxylic acids is 2. The second kappa shape index (κ2) is 10.4. The molecule has 2 heterocycles. The van der Waals surface area contributed by atoms with E-state index in [1.165, 1.54) is 5.56 Å². The summed E-state index contributed by atoms with van der Waals surface area (Å²) in [4.78, 5) is 33.0. The lowest BCUT2D eigenvalue weighted by Gasteiger charge is -2.34. The molecule has 1 aliphatic rings. The number of fused-ring (bicyclic) bond motifs is 1. The molecule has 0 spiro atoms. The van der Waals surface area contributed by atoms with Crippen LogP contribution < -0.4 is 0 Å². The van der Waals surface area contributed by atoms with Crippen LogP contribution >= 0.6 is 0 Å². The second-order valence-corrected chi connectivity index (χ2v) is 8.05. The van der Waals surface area contributed by atoms with Crippen molar-refractivity contribution in [1.29, 1.82) is 0 Å². The van der Waals surface area contributed by atoms with E-state index in [4.69, 9.17) is 9.72 Å². The predicted molar refractivity (Wildman–Crippen MR) is 123 cm³/mol. The zero-order chi connectivity index (χ0) is 22.3. The van der Waals surface area contributed by atoms with Crippen LogP contribution in [0, 0.1) is 0 Å². The summed E-state index contributed by atoms with van der Waals surface area (Å²) in [7, 11) is 0. The summed E-state index contributed by atoms with van der Waals surface area (Å²) in [5.74, 6) is 0.753. The molecule has 7 nitrogen and oxygen atoms in total. The molecule has 7 heteroatoms. The molecule has 3 aromatic rings. The van der Waals surface area contributed by atoms with Crippen molar-refractivity contribution in [1.82, 2.24) is 19.4 Å². The first-order valence-electron chi connectivity index (χ1n) is 11.3. The highest BCUT2D eigenvalue weighted by atomic mass is 16.5. The lowest BCUT2D eigenvalue weighted by molar-refractivity contribution is -0.146. The molecule has 0 unspecified atom stereocenters. The molecule has 168 valence electrons. The number of benzene rings is 2. The molecule has 32 heavy (non-hydrogen) atoms. The Morgan fingerprint density at radius 2 is 1.62 bits per heavy atom. The summed E-state index contributed by atoms with van der Waals surface area (Å²) in [5.41, 5.74) is 3.39. The van der Waals surface area contributed by atoms with Gasteiger partial charge in [-0.1, -0.05) is 42.5 Å². The van der Waals surface area contributed by atoms with E-state index in [1.54, 1.807) is 6.92 Å². The maximum absolute atomic E-state index is 12.4. The molecule has 0 aliphatic carbocycles. The summed E-state index contributed by atoms with van der Waals surface area (Å²) in [6, 6.07) is 18.7. The number of carbonyl (C=O) groups is 2. The van der Waals surface area contributed by atoms with E-state index in [9.17, 15) is 9.59 Å². The van der Waals surface area contributed by atoms with Crippen LogP contribution in [0.2, 0.25) is 0 Å². The normalized spacial score (nSPS) is 14.6. The van der Waals surface area contributed by atoms with Gasteiger partial charge in [0.05, 0.1) is 30.6 Å². The van der Waals surface area contributed by atoms with Crippen LogP contribution in [0.15, 0.2) is 54.6 Å². The number of aromatic nitrogens is 2. The average molecular weight is 435 g/mol. The second-order valence-electron chi connectivity index (χ2n) is 8.05. The molecule has 1 amide bonds. The van der Waals surface area contributed by atoms with E-state index < -0.39 is 0 Å². The van der Waals surface area contributed by atoms with Gasteiger partial charge in [0.2, 0.25) is 5.91 Å². The van der Waals surface area contributed by atoms with Crippen LogP contribution in [-0.4, -0.2) is 64.0 Å². The number of hydrogen-bond acceptors (Lipinski definition) is 5. The number of imidazole rings is 1. The highest BCUT2D eigenvalue weighted by Crippen LogP contribution is 2.20. The molecule has 1 saturated heterocycles. The number of rotatable bonds is 8. The molecule has 0 N–H and O–H groups in total. The van der Waals surface area contributed by atoms with E-state index in [-0.39, 0.29) is 24.7 Å². The molecule has 1 fully saturated rings. The molecule has 1 aliphatic heterocycles. The molecule has 0 radical (unpaired) electrons. The minimum Gasteiger partial charge on any atom is -0.466 e. The van der Waals surface area contributed by atoms with Gasteiger partial charge in [-0.05, 0) is 24.6 Å². The van der Waals surface area contributed by atoms with Crippen molar-refractivity contribution < 1.29 is 14.3 Å². The fourth-order valence-electron chi connectivity index (χ4n) is 4.14. The zero-order valence-corrected chi connectivity index (χ0v) is 18.6. The number of hydrogen-bond donors (Lipinski definition) is 0. The van der Waals surface area contributed by atoms with Gasteiger partial charge in [-0.2, -0.15) is 0 Å². The van der Waals surface area contributed by atoms with Crippen molar-refractivity contribution in [3.63, 3.8) is 0 Å². The Bertz CT molecular complexity index is 1060. The third-order valence-corrected chi connectivity index (χ3v) is 5.86. The van der Waals surface area contributed by atoms with Crippen LogP contribution in [-0.2, 0) is 27.4 Å². The van der Waals surface area contributed by atoms with Gasteiger partial charge in [-0.25, -0.2) is 4.98 Å². The van der Waals surface area contributed by atoms with Gasteiger partial charge in [0.25, 0.3) is 0 Å². The van der Waals surface area contributed by atoms with Crippen LogP contribution in [0.5, 0.6) is 0 Å². The van der Waals surface area contributed by atoms with Crippen LogP contribution in [0.1, 0.15) is 31.2 Å². The SMILES string of the molecule is CCOC(=O)CCC(=O)N1CCN(Cc2nc3ccccc3n2Cc2ccccc2)CC1. The maximum Gasteiger partial charge on any atom is 0.306 e. The van der Waals surface area contributed by atoms with Crippen molar-refractivity contribution in [2.45, 2.75) is 32.9 Å². The first-order valence-corrected chi connectivity index (χ1v) is 11.3. The quantitative estimate of drug-likeness (QED) is 0.510. The van der Waals surface area contributed by atoms with E-state index in [0.29, 0.717) is 19.7 Å². The molecule has 2 aromatic carbocycles. The maximum atomic E-state index is 12.4. The standard InChI is InChI=1S/C25H30N4O3/c1-2-32-25(31)13-12-24(30)28-16-14-27(15-17-28)19-23-26-21-10-6-7-11-22(21)29(23)18-20-8-4-3-5-9-20/h3-11H,2,12-19H2,1H3. The smallest absolute Gasteiger partial charge is 0.306 e. The first-order chi connectivity index (χ1) is 15.6. The van der Waals surface area contributed by atoms with Crippen LogP contribution in [0.3, 0.4) is 0 Å². The number of piperazine rings is 1. The minimum absolute atomic E-state index is 0.0222. The van der Waals surface area contributed by atoms with Gasteiger partial charge < -0.3 is 14.2 Å². The van der Waals surface area contributed by atoms with Crippen molar-refractivity contribution >= 4 is 22.9 Å². The van der Waals surface area contributed by atoms with Crippen LogP contribution in [0.4, 0.5) is 0 Å². The molecule has 0 bridgehead atoms. The van der Waals surface area contributed by atoms with E-state index in [1.807, 2.05) is 17.0 Å². The summed E-state index contributed by atoms with van der Waals surface area (Å²) in [6.45, 7) is 6.56. The Balaban J connectivity index is 1.39. The molecule has 0 atom stereocenters. The Labute approximate surface area is 188 Å². The molecule has 0 saturated carbocycles. The first kappa shape index (κ1) is 22.0. The predicted octanol–water partition coefficient (Wildman–Crippen LogP) is 3.07. The molecule has 4 rings (SSSR count). The monoisotopic (exact) mass is 434 g/mol. The van der Waals surface area contributed by atoms with E-state index in [2.05, 4.69) is 51.9 Å². The van der Waals surface area contributed by atoms with E-state index in [0.717, 1.165) is 43.0 Å². The van der Waals surface area contributed by atoms with Crippen LogP contribution in [0.25, 0.3) is 11.0 Å². The van der Waals surface area contributed by atoms with Gasteiger partial charge in [-0.15, -0.1) is 0 Å². The fourth-order valence-corrected chi connectivity index (χ4v) is 4.14. The summed E-state index contributed by atoms with van der Waals surface area (Å²) >= 11 is 0. The fraction of sp³-hybridized carbons (Fsp3) is 0.400. The Hall–Kier alpha value is -3.19. The van der Waals surface area contributed by atoms with Crippen molar-refractivity contribution in [3.05, 3.63) is 66.0 Å². The van der Waals surface area contributed by atoms with E-state index >= 15 is 0 Å². The number of amides is 1. The van der Waals surface area contributed by atoms with Gasteiger partial charge >= 0.3 is 5.97 Å². The van der Waals surface area contributed by atoms with Gasteiger partial charge in [0.1, 0.15) is 5.82 Å². The van der Waals surface area contributed by atoms with Crippen molar-refractivity contribution in [2.75, 3.05) is 32.8 Å². The lowest BCUT2D eigenvalue weighted by atomic mass is 10.2. The molecular formula is C25H30N4O3. The molecular weight excluding hydrogens is 404 g/mol. The van der Waals surface area contributed by atoms with Gasteiger partial charge in [0, 0.05) is 39.1 Å². The summed E-state index contributed by atoms with van der Waals surface area (Å²) in [5, 5.41) is 0. The number of nitrogens with zero attached hydrogens (tertiary/aromatic N) is 4. The van der Waals surface area contributed by atoms with Crippen molar-refractivity contribution in [3.8, 4) is 0 Å². The Morgan fingerprint density at radius 3 is 2.38 bits per heavy atom. The lowest BCUT2D eigenvalue weighted by Crippen LogP contribution is -2.48. The van der Waals surface area contributed by atoms with Crippen molar-refractivity contribution in [2.24, 2.45) is 0 Å². The third kappa shape index (κ3) is 5.34.